The molecule has 0 atom stereocenters. The average molecular weight is 252 g/mol. The number of carbonyl (C=O) groups excluding carboxylic acids is 1. The Bertz CT molecular complexity index is 173. The fourth-order valence-electron chi connectivity index (χ4n) is 0.182. The van der Waals surface area contributed by atoms with Gasteiger partial charge in [0.15, 0.2) is 5.96 Å². The van der Waals surface area contributed by atoms with Gasteiger partial charge in [-0.15, -0.1) is 0 Å². The Morgan fingerprint density at radius 2 is 1.50 bits per heavy atom. The van der Waals surface area contributed by atoms with E-state index < -0.39 is 5.97 Å². The number of hydrogen-bond acceptors (Lipinski definition) is 2. The van der Waals surface area contributed by atoms with E-state index >= 15 is 0 Å². The summed E-state index contributed by atoms with van der Waals surface area (Å²) in [5.41, 5.74) is 9.60. The van der Waals surface area contributed by atoms with Gasteiger partial charge in [-0.2, -0.15) is 4.99 Å². The predicted molar refractivity (Wildman–Crippen MR) is 39.8 cm³/mol. The summed E-state index contributed by atoms with van der Waals surface area (Å²) in [5.74, 6) is -1.40. The van der Waals surface area contributed by atoms with Crippen LogP contribution in [-0.4, -0.2) is 22.9 Å². The minimum atomic E-state index is -0.833. The Kier molecular flexibility index (Phi) is 14.9. The van der Waals surface area contributed by atoms with E-state index in [0.29, 0.717) is 0 Å². The van der Waals surface area contributed by atoms with Crippen molar-refractivity contribution in [1.82, 2.24) is 0 Å². The monoisotopic (exact) mass is 251 g/mol. The molecule has 0 spiro atoms. The predicted octanol–water partition coefficient (Wildman–Crippen LogP) is -1.11. The van der Waals surface area contributed by atoms with Crippen molar-refractivity contribution in [2.24, 2.45) is 16.5 Å². The van der Waals surface area contributed by atoms with E-state index in [9.17, 15) is 4.79 Å². The molecule has 0 radical (unpaired) electrons. The first-order chi connectivity index (χ1) is 4.86. The zero-order chi connectivity index (χ0) is 9.44. The molecule has 1 amide bonds. The van der Waals surface area contributed by atoms with E-state index in [-0.39, 0.29) is 38.1 Å². The van der Waals surface area contributed by atoms with Gasteiger partial charge in [-0.3, -0.25) is 9.59 Å². The van der Waals surface area contributed by atoms with Gasteiger partial charge in [0.25, 0.3) is 5.97 Å². The summed E-state index contributed by atoms with van der Waals surface area (Å²) >= 11 is 0. The molecule has 0 saturated heterocycles. The van der Waals surface area contributed by atoms with Gasteiger partial charge in [0.2, 0.25) is 5.91 Å². The SMILES string of the molecule is CC(=O)N=C(N)N.CC(=O)O.[Zr]. The molecule has 6 nitrogen and oxygen atoms in total. The fraction of sp³-hybridized carbons (Fsp3) is 0.400. The van der Waals surface area contributed by atoms with Crippen LogP contribution >= 0.6 is 0 Å². The first-order valence-corrected chi connectivity index (χ1v) is 2.66. The van der Waals surface area contributed by atoms with Gasteiger partial charge < -0.3 is 16.6 Å². The number of amides is 1. The summed E-state index contributed by atoms with van der Waals surface area (Å²) in [4.78, 5) is 22.0. The van der Waals surface area contributed by atoms with Crippen molar-refractivity contribution in [2.45, 2.75) is 13.8 Å². The topological polar surface area (TPSA) is 119 Å². The van der Waals surface area contributed by atoms with Crippen molar-refractivity contribution >= 4 is 17.8 Å². The Hall–Kier alpha value is -0.707. The van der Waals surface area contributed by atoms with Gasteiger partial charge in [0.1, 0.15) is 0 Å². The number of carbonyl (C=O) groups is 2. The molecule has 0 saturated carbocycles. The van der Waals surface area contributed by atoms with Gasteiger partial charge in [0.05, 0.1) is 0 Å². The largest absolute Gasteiger partial charge is 0.481 e. The molecular weight excluding hydrogens is 241 g/mol. The zero-order valence-corrected chi connectivity index (χ0v) is 9.32. The van der Waals surface area contributed by atoms with Gasteiger partial charge in [-0.05, 0) is 0 Å². The molecule has 0 aliphatic carbocycles. The van der Waals surface area contributed by atoms with Crippen molar-refractivity contribution < 1.29 is 40.9 Å². The van der Waals surface area contributed by atoms with E-state index in [1.165, 1.54) is 6.92 Å². The fourth-order valence-corrected chi connectivity index (χ4v) is 0.182. The summed E-state index contributed by atoms with van der Waals surface area (Å²) < 4.78 is 0. The molecule has 5 N–H and O–H groups in total. The molecule has 0 fully saturated rings. The smallest absolute Gasteiger partial charge is 0.300 e. The van der Waals surface area contributed by atoms with E-state index in [1.54, 1.807) is 0 Å². The molecule has 0 bridgehead atoms. The summed E-state index contributed by atoms with van der Waals surface area (Å²) in [6, 6.07) is 0. The van der Waals surface area contributed by atoms with E-state index in [4.69, 9.17) is 21.4 Å². The minimum Gasteiger partial charge on any atom is -0.481 e. The Balaban J connectivity index is -0.000000142. The molecule has 0 unspecified atom stereocenters. The third kappa shape index (κ3) is 58.9. The molecule has 0 aliphatic rings. The molecule has 7 heteroatoms. The number of aliphatic carboxylic acids is 1. The van der Waals surface area contributed by atoms with Crippen LogP contribution in [0.1, 0.15) is 13.8 Å². The van der Waals surface area contributed by atoms with E-state index in [0.717, 1.165) is 6.92 Å². The molecule has 0 heterocycles. The van der Waals surface area contributed by atoms with Crippen LogP contribution in [0.5, 0.6) is 0 Å². The zero-order valence-electron chi connectivity index (χ0n) is 6.87. The number of aliphatic imine (C=N–C) groups is 1. The maximum atomic E-state index is 9.91. The second-order valence-corrected chi connectivity index (χ2v) is 1.57. The van der Waals surface area contributed by atoms with E-state index in [1.807, 2.05) is 0 Å². The Labute approximate surface area is 89.1 Å². The third-order valence-corrected chi connectivity index (χ3v) is 0.287. The van der Waals surface area contributed by atoms with Gasteiger partial charge in [-0.1, -0.05) is 0 Å². The van der Waals surface area contributed by atoms with Crippen LogP contribution in [0.25, 0.3) is 0 Å². The number of guanidine groups is 1. The van der Waals surface area contributed by atoms with Crippen molar-refractivity contribution in [2.75, 3.05) is 0 Å². The molecular formula is C5H11N3O3Zr. The molecule has 68 valence electrons. The summed E-state index contributed by atoms with van der Waals surface area (Å²) in [6.45, 7) is 2.36. The number of hydrogen-bond donors (Lipinski definition) is 3. The Morgan fingerprint density at radius 3 is 1.50 bits per heavy atom. The third-order valence-electron chi connectivity index (χ3n) is 0.287. The van der Waals surface area contributed by atoms with Gasteiger partial charge in [0, 0.05) is 40.1 Å². The van der Waals surface area contributed by atoms with Crippen LogP contribution in [0.15, 0.2) is 4.99 Å². The summed E-state index contributed by atoms with van der Waals surface area (Å²) in [6.07, 6.45) is 0. The quantitative estimate of drug-likeness (QED) is 0.373. The molecule has 0 aromatic rings. The number of carboxylic acids is 1. The number of carboxylic acid groups (broad SMARTS) is 1. The number of rotatable bonds is 0. The van der Waals surface area contributed by atoms with Crippen molar-refractivity contribution in [3.05, 3.63) is 0 Å². The van der Waals surface area contributed by atoms with Crippen molar-refractivity contribution in [1.29, 1.82) is 0 Å². The summed E-state index contributed by atoms with van der Waals surface area (Å²) in [7, 11) is 0. The number of nitrogens with two attached hydrogens (primary N) is 2. The standard InChI is InChI=1S/C3H7N3O.C2H4O2.Zr/c1-2(7)6-3(4)5;1-2(3)4;/h1H3,(H4,4,5,6,7);1H3,(H,3,4);. The van der Waals surface area contributed by atoms with Crippen LogP contribution in [-0.2, 0) is 35.8 Å². The molecule has 12 heavy (non-hydrogen) atoms. The summed E-state index contributed by atoms with van der Waals surface area (Å²) in [5, 5.41) is 7.42. The van der Waals surface area contributed by atoms with Crippen LogP contribution < -0.4 is 11.5 Å². The second kappa shape index (κ2) is 10.3. The first-order valence-electron chi connectivity index (χ1n) is 2.66. The first kappa shape index (κ1) is 17.4. The molecule has 0 aromatic carbocycles. The van der Waals surface area contributed by atoms with Crippen LogP contribution in [0, 0.1) is 0 Å². The van der Waals surface area contributed by atoms with Crippen LogP contribution in [0.4, 0.5) is 0 Å². The van der Waals surface area contributed by atoms with Crippen molar-refractivity contribution in [3.63, 3.8) is 0 Å². The van der Waals surface area contributed by atoms with E-state index in [2.05, 4.69) is 4.99 Å². The average Bonchev–Trinajstić information content (AvgIpc) is 1.56. The normalized spacial score (nSPS) is 6.50. The van der Waals surface area contributed by atoms with Crippen LogP contribution in [0.2, 0.25) is 0 Å². The van der Waals surface area contributed by atoms with Crippen molar-refractivity contribution in [3.8, 4) is 0 Å². The maximum Gasteiger partial charge on any atom is 0.300 e. The van der Waals surface area contributed by atoms with Gasteiger partial charge >= 0.3 is 0 Å². The number of nitrogens with zero attached hydrogens (tertiary/aromatic N) is 1. The molecule has 0 aromatic heterocycles. The van der Waals surface area contributed by atoms with Gasteiger partial charge in [-0.25, -0.2) is 0 Å². The minimum absolute atomic E-state index is 0. The van der Waals surface area contributed by atoms with Crippen LogP contribution in [0.3, 0.4) is 0 Å². The molecule has 0 rings (SSSR count). The Morgan fingerprint density at radius 1 is 1.25 bits per heavy atom. The maximum absolute atomic E-state index is 9.91. The molecule has 0 aliphatic heterocycles. The second-order valence-electron chi connectivity index (χ2n) is 1.57.